The summed E-state index contributed by atoms with van der Waals surface area (Å²) < 4.78 is 0. The van der Waals surface area contributed by atoms with Crippen molar-refractivity contribution >= 4 is 11.7 Å². The van der Waals surface area contributed by atoms with Gasteiger partial charge >= 0.3 is 0 Å². The van der Waals surface area contributed by atoms with E-state index in [0.29, 0.717) is 18.1 Å². The Balaban J connectivity index is 1.57. The van der Waals surface area contributed by atoms with Gasteiger partial charge in [0, 0.05) is 32.7 Å². The van der Waals surface area contributed by atoms with Crippen LogP contribution in [0.25, 0.3) is 0 Å². The second-order valence-electron chi connectivity index (χ2n) is 6.31. The largest absolute Gasteiger partial charge is 0.364 e. The first kappa shape index (κ1) is 17.4. The molecule has 0 atom stereocenters. The molecule has 1 amide bonds. The minimum absolute atomic E-state index is 0.0336. The van der Waals surface area contributed by atoms with Gasteiger partial charge in [0.2, 0.25) is 0 Å². The van der Waals surface area contributed by atoms with Crippen molar-refractivity contribution in [3.05, 3.63) is 53.2 Å². The number of hydrogen-bond acceptors (Lipinski definition) is 5. The van der Waals surface area contributed by atoms with Gasteiger partial charge in [0.1, 0.15) is 5.82 Å². The lowest BCUT2D eigenvalue weighted by atomic mass is 10.1. The smallest absolute Gasteiger partial charge is 0.274 e. The number of nitrogens with zero attached hydrogens (tertiary/aromatic N) is 4. The van der Waals surface area contributed by atoms with E-state index in [2.05, 4.69) is 46.4 Å². The molecule has 132 valence electrons. The van der Waals surface area contributed by atoms with Crippen molar-refractivity contribution in [2.24, 2.45) is 0 Å². The zero-order valence-electron chi connectivity index (χ0n) is 14.9. The van der Waals surface area contributed by atoms with E-state index in [4.69, 9.17) is 0 Å². The molecule has 6 nitrogen and oxygen atoms in total. The van der Waals surface area contributed by atoms with Gasteiger partial charge in [0.15, 0.2) is 5.69 Å². The van der Waals surface area contributed by atoms with Gasteiger partial charge in [-0.1, -0.05) is 31.2 Å². The third-order valence-corrected chi connectivity index (χ3v) is 4.71. The van der Waals surface area contributed by atoms with E-state index < -0.39 is 0 Å². The summed E-state index contributed by atoms with van der Waals surface area (Å²) in [6, 6.07) is 11.8. The molecular formula is C19H25N5O. The summed E-state index contributed by atoms with van der Waals surface area (Å²) in [4.78, 5) is 16.7. The van der Waals surface area contributed by atoms with E-state index in [1.54, 1.807) is 6.07 Å². The second kappa shape index (κ2) is 8.07. The Morgan fingerprint density at radius 3 is 2.48 bits per heavy atom. The molecule has 0 saturated carbocycles. The van der Waals surface area contributed by atoms with Crippen LogP contribution in [0.5, 0.6) is 0 Å². The van der Waals surface area contributed by atoms with Crippen LogP contribution in [-0.2, 0) is 6.54 Å². The van der Waals surface area contributed by atoms with Gasteiger partial charge in [-0.25, -0.2) is 0 Å². The SMILES string of the molecule is CCN1CCN(C(=O)c2ccc(NCc3ccccc3C)nn2)CC1. The van der Waals surface area contributed by atoms with Crippen LogP contribution >= 0.6 is 0 Å². The number of likely N-dealkylation sites (N-methyl/N-ethyl adjacent to an activating group) is 1. The van der Waals surface area contributed by atoms with Gasteiger partial charge in [-0.2, -0.15) is 0 Å². The third kappa shape index (κ3) is 4.33. The van der Waals surface area contributed by atoms with Crippen molar-refractivity contribution in [3.63, 3.8) is 0 Å². The van der Waals surface area contributed by atoms with Gasteiger partial charge in [-0.3, -0.25) is 4.79 Å². The molecule has 0 spiro atoms. The topological polar surface area (TPSA) is 61.4 Å². The summed E-state index contributed by atoms with van der Waals surface area (Å²) in [5.41, 5.74) is 2.87. The molecule has 1 aromatic carbocycles. The van der Waals surface area contributed by atoms with Gasteiger partial charge in [-0.05, 0) is 36.7 Å². The van der Waals surface area contributed by atoms with Crippen LogP contribution in [0.3, 0.4) is 0 Å². The number of hydrogen-bond donors (Lipinski definition) is 1. The van der Waals surface area contributed by atoms with E-state index in [-0.39, 0.29) is 5.91 Å². The zero-order valence-corrected chi connectivity index (χ0v) is 14.9. The van der Waals surface area contributed by atoms with Gasteiger partial charge in [-0.15, -0.1) is 10.2 Å². The van der Waals surface area contributed by atoms with Crippen molar-refractivity contribution in [1.82, 2.24) is 20.0 Å². The predicted molar refractivity (Wildman–Crippen MR) is 98.6 cm³/mol. The Morgan fingerprint density at radius 1 is 1.08 bits per heavy atom. The number of piperazine rings is 1. The lowest BCUT2D eigenvalue weighted by Gasteiger charge is -2.33. The molecule has 25 heavy (non-hydrogen) atoms. The third-order valence-electron chi connectivity index (χ3n) is 4.71. The average molecular weight is 339 g/mol. The number of carbonyl (C=O) groups is 1. The maximum atomic E-state index is 12.5. The van der Waals surface area contributed by atoms with Crippen molar-refractivity contribution in [2.75, 3.05) is 38.0 Å². The summed E-state index contributed by atoms with van der Waals surface area (Å²) in [5, 5.41) is 11.5. The van der Waals surface area contributed by atoms with Crippen molar-refractivity contribution in [2.45, 2.75) is 20.4 Å². The molecule has 0 radical (unpaired) electrons. The molecule has 1 N–H and O–H groups in total. The van der Waals surface area contributed by atoms with Gasteiger partial charge in [0.25, 0.3) is 5.91 Å². The molecular weight excluding hydrogens is 314 g/mol. The Kier molecular flexibility index (Phi) is 5.60. The van der Waals surface area contributed by atoms with Crippen LogP contribution in [0.1, 0.15) is 28.5 Å². The molecule has 1 aromatic heterocycles. The lowest BCUT2D eigenvalue weighted by molar-refractivity contribution is 0.0636. The first-order valence-electron chi connectivity index (χ1n) is 8.81. The van der Waals surface area contributed by atoms with Crippen LogP contribution in [0, 0.1) is 6.92 Å². The van der Waals surface area contributed by atoms with E-state index >= 15 is 0 Å². The number of aromatic nitrogens is 2. The van der Waals surface area contributed by atoms with E-state index in [1.165, 1.54) is 11.1 Å². The van der Waals surface area contributed by atoms with Gasteiger partial charge in [0.05, 0.1) is 0 Å². The fourth-order valence-electron chi connectivity index (χ4n) is 2.96. The highest BCUT2D eigenvalue weighted by Crippen LogP contribution is 2.11. The Labute approximate surface area is 148 Å². The monoisotopic (exact) mass is 339 g/mol. The molecule has 0 unspecified atom stereocenters. The Hall–Kier alpha value is -2.47. The highest BCUT2D eigenvalue weighted by molar-refractivity contribution is 5.92. The number of carbonyl (C=O) groups excluding carboxylic acids is 1. The molecule has 1 saturated heterocycles. The Morgan fingerprint density at radius 2 is 1.84 bits per heavy atom. The van der Waals surface area contributed by atoms with E-state index in [1.807, 2.05) is 23.1 Å². The minimum atomic E-state index is -0.0336. The number of anilines is 1. The van der Waals surface area contributed by atoms with Gasteiger partial charge < -0.3 is 15.1 Å². The molecule has 1 aliphatic rings. The number of aryl methyl sites for hydroxylation is 1. The molecule has 0 bridgehead atoms. The van der Waals surface area contributed by atoms with Crippen LogP contribution in [-0.4, -0.2) is 58.6 Å². The maximum Gasteiger partial charge on any atom is 0.274 e. The highest BCUT2D eigenvalue weighted by Gasteiger charge is 2.22. The second-order valence-corrected chi connectivity index (χ2v) is 6.31. The van der Waals surface area contributed by atoms with Crippen LogP contribution in [0.4, 0.5) is 5.82 Å². The number of amides is 1. The predicted octanol–water partition coefficient (Wildman–Crippen LogP) is 2.17. The molecule has 6 heteroatoms. The average Bonchev–Trinajstić information content (AvgIpc) is 2.67. The number of benzene rings is 1. The molecule has 0 aliphatic carbocycles. The fourth-order valence-corrected chi connectivity index (χ4v) is 2.96. The number of nitrogens with one attached hydrogen (secondary N) is 1. The summed E-state index contributed by atoms with van der Waals surface area (Å²) in [7, 11) is 0. The minimum Gasteiger partial charge on any atom is -0.364 e. The van der Waals surface area contributed by atoms with Crippen molar-refractivity contribution in [3.8, 4) is 0 Å². The van der Waals surface area contributed by atoms with Crippen LogP contribution < -0.4 is 5.32 Å². The summed E-state index contributed by atoms with van der Waals surface area (Å²) in [6.07, 6.45) is 0. The normalized spacial score (nSPS) is 15.2. The zero-order chi connectivity index (χ0) is 17.6. The molecule has 1 fully saturated rings. The maximum absolute atomic E-state index is 12.5. The van der Waals surface area contributed by atoms with E-state index in [0.717, 1.165) is 32.7 Å². The van der Waals surface area contributed by atoms with Crippen LogP contribution in [0.2, 0.25) is 0 Å². The molecule has 1 aliphatic heterocycles. The lowest BCUT2D eigenvalue weighted by Crippen LogP contribution is -2.48. The first-order valence-corrected chi connectivity index (χ1v) is 8.81. The molecule has 3 rings (SSSR count). The van der Waals surface area contributed by atoms with Crippen molar-refractivity contribution in [1.29, 1.82) is 0 Å². The molecule has 2 heterocycles. The Bertz CT molecular complexity index is 708. The fraction of sp³-hybridized carbons (Fsp3) is 0.421. The summed E-state index contributed by atoms with van der Waals surface area (Å²) in [5.74, 6) is 0.643. The number of rotatable bonds is 5. The van der Waals surface area contributed by atoms with Crippen LogP contribution in [0.15, 0.2) is 36.4 Å². The summed E-state index contributed by atoms with van der Waals surface area (Å²) >= 11 is 0. The summed E-state index contributed by atoms with van der Waals surface area (Å²) in [6.45, 7) is 9.30. The highest BCUT2D eigenvalue weighted by atomic mass is 16.2. The standard InChI is InChI=1S/C19H25N5O/c1-3-23-10-12-24(13-11-23)19(25)17-8-9-18(22-21-17)20-14-16-7-5-4-6-15(16)2/h4-9H,3,10-14H2,1-2H3,(H,20,22). The molecule has 2 aromatic rings. The van der Waals surface area contributed by atoms with Crippen molar-refractivity contribution < 1.29 is 4.79 Å². The first-order chi connectivity index (χ1) is 12.2. The quantitative estimate of drug-likeness (QED) is 0.905. The van der Waals surface area contributed by atoms with E-state index in [9.17, 15) is 4.79 Å².